The summed E-state index contributed by atoms with van der Waals surface area (Å²) in [5.74, 6) is 0.553. The summed E-state index contributed by atoms with van der Waals surface area (Å²) in [6, 6.07) is 16.9. The highest BCUT2D eigenvalue weighted by atomic mass is 79.9. The van der Waals surface area contributed by atoms with E-state index in [4.69, 9.17) is 4.74 Å². The Labute approximate surface area is 161 Å². The van der Waals surface area contributed by atoms with Crippen LogP contribution in [0.2, 0.25) is 0 Å². The van der Waals surface area contributed by atoms with Crippen LogP contribution in [0.4, 0.5) is 5.69 Å². The van der Waals surface area contributed by atoms with E-state index in [9.17, 15) is 9.59 Å². The van der Waals surface area contributed by atoms with Gasteiger partial charge in [-0.05, 0) is 53.0 Å². The number of nitrogens with one attached hydrogen (secondary N) is 1. The number of carbonyl (C=O) groups is 2. The Morgan fingerprint density at radius 3 is 2.38 bits per heavy atom. The van der Waals surface area contributed by atoms with Crippen molar-refractivity contribution in [1.29, 1.82) is 0 Å². The Morgan fingerprint density at radius 2 is 1.69 bits per heavy atom. The minimum atomic E-state index is -0.0663. The maximum absolute atomic E-state index is 12.3. The second kappa shape index (κ2) is 8.85. The lowest BCUT2D eigenvalue weighted by atomic mass is 9.95. The number of rotatable bonds is 5. The lowest BCUT2D eigenvalue weighted by Gasteiger charge is -2.31. The number of piperidine rings is 1. The highest BCUT2D eigenvalue weighted by Crippen LogP contribution is 2.24. The zero-order chi connectivity index (χ0) is 18.4. The highest BCUT2D eigenvalue weighted by Gasteiger charge is 2.27. The van der Waals surface area contributed by atoms with Crippen molar-refractivity contribution in [2.45, 2.75) is 12.8 Å². The normalized spacial score (nSPS) is 14.7. The van der Waals surface area contributed by atoms with Gasteiger partial charge in [-0.25, -0.2) is 0 Å². The summed E-state index contributed by atoms with van der Waals surface area (Å²) in [6.45, 7) is 1.15. The molecule has 1 saturated heterocycles. The molecule has 0 atom stereocenters. The van der Waals surface area contributed by atoms with E-state index >= 15 is 0 Å². The first-order valence-electron chi connectivity index (χ1n) is 8.64. The third kappa shape index (κ3) is 4.85. The molecule has 0 aliphatic carbocycles. The molecule has 0 unspecified atom stereocenters. The van der Waals surface area contributed by atoms with Gasteiger partial charge < -0.3 is 15.0 Å². The van der Waals surface area contributed by atoms with Crippen LogP contribution in [0.25, 0.3) is 0 Å². The van der Waals surface area contributed by atoms with Gasteiger partial charge in [0.05, 0.1) is 4.47 Å². The summed E-state index contributed by atoms with van der Waals surface area (Å²) in [7, 11) is 0. The van der Waals surface area contributed by atoms with Crippen molar-refractivity contribution in [3.63, 3.8) is 0 Å². The standard InChI is InChI=1S/C20H21BrN2O3/c21-17-8-4-5-9-18(17)26-14-19(24)23-12-10-15(11-13-23)20(25)22-16-6-2-1-3-7-16/h1-9,15H,10-14H2,(H,22,25). The van der Waals surface area contributed by atoms with E-state index < -0.39 is 0 Å². The number of hydrogen-bond donors (Lipinski definition) is 1. The van der Waals surface area contributed by atoms with Gasteiger partial charge in [-0.15, -0.1) is 0 Å². The maximum Gasteiger partial charge on any atom is 0.260 e. The highest BCUT2D eigenvalue weighted by molar-refractivity contribution is 9.10. The van der Waals surface area contributed by atoms with E-state index in [1.54, 1.807) is 4.90 Å². The average molecular weight is 417 g/mol. The number of para-hydroxylation sites is 2. The Hall–Kier alpha value is -2.34. The monoisotopic (exact) mass is 416 g/mol. The first kappa shape index (κ1) is 18.5. The van der Waals surface area contributed by atoms with Crippen LogP contribution in [0.3, 0.4) is 0 Å². The van der Waals surface area contributed by atoms with Gasteiger partial charge in [-0.1, -0.05) is 30.3 Å². The molecule has 3 rings (SSSR count). The Bertz CT molecular complexity index is 759. The van der Waals surface area contributed by atoms with Crippen LogP contribution in [0, 0.1) is 5.92 Å². The number of benzene rings is 2. The first-order valence-corrected chi connectivity index (χ1v) is 9.44. The molecule has 0 aromatic heterocycles. The molecule has 2 amide bonds. The third-order valence-electron chi connectivity index (χ3n) is 4.45. The summed E-state index contributed by atoms with van der Waals surface area (Å²) < 4.78 is 6.41. The van der Waals surface area contributed by atoms with Crippen LogP contribution < -0.4 is 10.1 Å². The molecule has 136 valence electrons. The topological polar surface area (TPSA) is 58.6 Å². The van der Waals surface area contributed by atoms with E-state index in [-0.39, 0.29) is 24.3 Å². The van der Waals surface area contributed by atoms with Gasteiger partial charge in [0.25, 0.3) is 5.91 Å². The van der Waals surface area contributed by atoms with Crippen molar-refractivity contribution in [2.75, 3.05) is 25.0 Å². The van der Waals surface area contributed by atoms with Crippen molar-refractivity contribution in [3.05, 3.63) is 59.1 Å². The minimum Gasteiger partial charge on any atom is -0.483 e. The fourth-order valence-corrected chi connectivity index (χ4v) is 3.35. The van der Waals surface area contributed by atoms with Gasteiger partial charge in [-0.3, -0.25) is 9.59 Å². The molecule has 2 aromatic rings. The number of halogens is 1. The zero-order valence-corrected chi connectivity index (χ0v) is 15.9. The number of hydrogen-bond acceptors (Lipinski definition) is 3. The molecule has 1 aliphatic rings. The smallest absolute Gasteiger partial charge is 0.260 e. The van der Waals surface area contributed by atoms with Gasteiger partial charge in [0.15, 0.2) is 6.61 Å². The van der Waals surface area contributed by atoms with Gasteiger partial charge in [0.2, 0.25) is 5.91 Å². The summed E-state index contributed by atoms with van der Waals surface area (Å²) >= 11 is 3.40. The molecule has 1 fully saturated rings. The minimum absolute atomic E-state index is 0.00346. The molecule has 0 saturated carbocycles. The zero-order valence-electron chi connectivity index (χ0n) is 14.4. The molecule has 0 spiro atoms. The largest absolute Gasteiger partial charge is 0.483 e. The molecule has 1 heterocycles. The first-order chi connectivity index (χ1) is 12.6. The molecule has 0 bridgehead atoms. The number of carbonyl (C=O) groups excluding carboxylic acids is 2. The molecular formula is C20H21BrN2O3. The lowest BCUT2D eigenvalue weighted by molar-refractivity contribution is -0.136. The molecule has 1 N–H and O–H groups in total. The predicted octanol–water partition coefficient (Wildman–Crippen LogP) is 3.71. The molecule has 26 heavy (non-hydrogen) atoms. The number of nitrogens with zero attached hydrogens (tertiary/aromatic N) is 1. The fourth-order valence-electron chi connectivity index (χ4n) is 2.95. The molecular weight excluding hydrogens is 396 g/mol. The average Bonchev–Trinajstić information content (AvgIpc) is 2.68. The molecule has 1 aliphatic heterocycles. The van der Waals surface area contributed by atoms with Crippen molar-refractivity contribution >= 4 is 33.4 Å². The van der Waals surface area contributed by atoms with Crippen LogP contribution in [0.1, 0.15) is 12.8 Å². The Morgan fingerprint density at radius 1 is 1.04 bits per heavy atom. The van der Waals surface area contributed by atoms with Crippen molar-refractivity contribution in [2.24, 2.45) is 5.92 Å². The number of amides is 2. The van der Waals surface area contributed by atoms with Crippen molar-refractivity contribution < 1.29 is 14.3 Å². The van der Waals surface area contributed by atoms with Gasteiger partial charge in [-0.2, -0.15) is 0 Å². The quantitative estimate of drug-likeness (QED) is 0.807. The summed E-state index contributed by atoms with van der Waals surface area (Å²) in [5, 5.41) is 2.94. The molecule has 0 radical (unpaired) electrons. The summed E-state index contributed by atoms with van der Waals surface area (Å²) in [6.07, 6.45) is 1.33. The predicted molar refractivity (Wildman–Crippen MR) is 104 cm³/mol. The van der Waals surface area contributed by atoms with Crippen LogP contribution >= 0.6 is 15.9 Å². The summed E-state index contributed by atoms with van der Waals surface area (Å²) in [4.78, 5) is 26.5. The van der Waals surface area contributed by atoms with Crippen LogP contribution in [0.5, 0.6) is 5.75 Å². The third-order valence-corrected chi connectivity index (χ3v) is 5.10. The van der Waals surface area contributed by atoms with Gasteiger partial charge in [0.1, 0.15) is 5.75 Å². The van der Waals surface area contributed by atoms with Crippen LogP contribution in [0.15, 0.2) is 59.1 Å². The Balaban J connectivity index is 1.45. The maximum atomic E-state index is 12.3. The van der Waals surface area contributed by atoms with Crippen LogP contribution in [-0.2, 0) is 9.59 Å². The molecule has 5 nitrogen and oxygen atoms in total. The number of anilines is 1. The second-order valence-electron chi connectivity index (χ2n) is 6.23. The van der Waals surface area contributed by atoms with E-state index in [0.717, 1.165) is 10.2 Å². The van der Waals surface area contributed by atoms with Gasteiger partial charge in [0, 0.05) is 24.7 Å². The van der Waals surface area contributed by atoms with E-state index in [2.05, 4.69) is 21.2 Å². The molecule has 6 heteroatoms. The van der Waals surface area contributed by atoms with Crippen molar-refractivity contribution in [1.82, 2.24) is 4.90 Å². The number of likely N-dealkylation sites (tertiary alicyclic amines) is 1. The van der Waals surface area contributed by atoms with E-state index in [1.165, 1.54) is 0 Å². The van der Waals surface area contributed by atoms with E-state index in [0.29, 0.717) is 31.7 Å². The van der Waals surface area contributed by atoms with Crippen molar-refractivity contribution in [3.8, 4) is 5.75 Å². The Kier molecular flexibility index (Phi) is 6.28. The second-order valence-corrected chi connectivity index (χ2v) is 7.08. The molecule has 2 aromatic carbocycles. The van der Waals surface area contributed by atoms with Crippen LogP contribution in [-0.4, -0.2) is 36.4 Å². The lowest BCUT2D eigenvalue weighted by Crippen LogP contribution is -2.43. The fraction of sp³-hybridized carbons (Fsp3) is 0.300. The number of ether oxygens (including phenoxy) is 1. The van der Waals surface area contributed by atoms with Gasteiger partial charge >= 0.3 is 0 Å². The van der Waals surface area contributed by atoms with E-state index in [1.807, 2.05) is 54.6 Å². The summed E-state index contributed by atoms with van der Waals surface area (Å²) in [5.41, 5.74) is 0.804. The SMILES string of the molecule is O=C(Nc1ccccc1)C1CCN(C(=O)COc2ccccc2Br)CC1.